The summed E-state index contributed by atoms with van der Waals surface area (Å²) >= 11 is 11.9. The summed E-state index contributed by atoms with van der Waals surface area (Å²) in [6.45, 7) is 0. The maximum atomic E-state index is 12.6. The summed E-state index contributed by atoms with van der Waals surface area (Å²) in [7, 11) is 0. The Kier molecular flexibility index (Phi) is 4.37. The van der Waals surface area contributed by atoms with Gasteiger partial charge in [0.25, 0.3) is 5.91 Å². The van der Waals surface area contributed by atoms with Gasteiger partial charge < -0.3 is 9.72 Å². The van der Waals surface area contributed by atoms with Gasteiger partial charge in [0.15, 0.2) is 0 Å². The number of hydrogen-bond acceptors (Lipinski definition) is 2. The molecule has 0 spiro atoms. The second-order valence-corrected chi connectivity index (χ2v) is 6.54. The zero-order chi connectivity index (χ0) is 18.1. The molecule has 0 radical (unpaired) electrons. The molecule has 4 nitrogen and oxygen atoms in total. The number of para-hydroxylation sites is 1. The van der Waals surface area contributed by atoms with Crippen LogP contribution in [0.15, 0.2) is 73.1 Å². The fourth-order valence-electron chi connectivity index (χ4n) is 2.71. The van der Waals surface area contributed by atoms with Crippen LogP contribution in [0.4, 0.5) is 5.69 Å². The van der Waals surface area contributed by atoms with Crippen LogP contribution in [0.3, 0.4) is 0 Å². The molecule has 0 fully saturated rings. The number of carbonyl (C=O) groups excluding carboxylic acids is 1. The van der Waals surface area contributed by atoms with Crippen molar-refractivity contribution in [2.45, 2.75) is 0 Å². The smallest absolute Gasteiger partial charge is 0.255 e. The number of hydrogen-bond donors (Lipinski definition) is 1. The second-order valence-electron chi connectivity index (χ2n) is 5.72. The number of rotatable bonds is 3. The van der Waals surface area contributed by atoms with Gasteiger partial charge in [-0.1, -0.05) is 47.5 Å². The maximum Gasteiger partial charge on any atom is 0.255 e. The molecular formula is C20H13Cl2N3O. The Morgan fingerprint density at radius 1 is 0.962 bits per heavy atom. The fraction of sp³-hybridized carbons (Fsp3) is 0. The molecule has 2 aromatic carbocycles. The predicted molar refractivity (Wildman–Crippen MR) is 105 cm³/mol. The molecule has 0 bridgehead atoms. The van der Waals surface area contributed by atoms with Gasteiger partial charge in [0.1, 0.15) is 5.65 Å². The Morgan fingerprint density at radius 3 is 2.58 bits per heavy atom. The van der Waals surface area contributed by atoms with Gasteiger partial charge in [-0.2, -0.15) is 0 Å². The summed E-state index contributed by atoms with van der Waals surface area (Å²) in [5, 5.41) is 3.68. The molecule has 128 valence electrons. The summed E-state index contributed by atoms with van der Waals surface area (Å²) < 4.78 is 1.94. The molecule has 2 heterocycles. The lowest BCUT2D eigenvalue weighted by atomic mass is 10.1. The molecule has 1 amide bonds. The van der Waals surface area contributed by atoms with E-state index in [2.05, 4.69) is 10.3 Å². The van der Waals surface area contributed by atoms with Crippen LogP contribution in [-0.2, 0) is 0 Å². The first-order valence-electron chi connectivity index (χ1n) is 7.91. The van der Waals surface area contributed by atoms with Crippen LogP contribution in [0.25, 0.3) is 16.9 Å². The molecule has 26 heavy (non-hydrogen) atoms. The number of amides is 1. The summed E-state index contributed by atoms with van der Waals surface area (Å²) in [5.74, 6) is -0.264. The standard InChI is InChI=1S/C20H13Cl2N3O/c21-15-9-8-13(11-16(15)22)20(26)24-17-6-2-1-5-14(17)18-12-25-10-4-3-7-19(25)23-18/h1-12H,(H,24,26). The first kappa shape index (κ1) is 16.6. The van der Waals surface area contributed by atoms with Gasteiger partial charge in [-0.3, -0.25) is 4.79 Å². The number of benzene rings is 2. The predicted octanol–water partition coefficient (Wildman–Crippen LogP) is 5.56. The minimum Gasteiger partial charge on any atom is -0.321 e. The van der Waals surface area contributed by atoms with Gasteiger partial charge in [-0.05, 0) is 36.4 Å². The normalized spacial score (nSPS) is 10.8. The molecule has 0 saturated heterocycles. The Morgan fingerprint density at radius 2 is 1.77 bits per heavy atom. The largest absolute Gasteiger partial charge is 0.321 e. The van der Waals surface area contributed by atoms with E-state index in [0.717, 1.165) is 16.9 Å². The number of anilines is 1. The Hall–Kier alpha value is -2.82. The quantitative estimate of drug-likeness (QED) is 0.504. The number of fused-ring (bicyclic) bond motifs is 1. The number of halogens is 2. The van der Waals surface area contributed by atoms with Crippen LogP contribution in [-0.4, -0.2) is 15.3 Å². The van der Waals surface area contributed by atoms with Gasteiger partial charge in [0.2, 0.25) is 0 Å². The van der Waals surface area contributed by atoms with Crippen LogP contribution >= 0.6 is 23.2 Å². The highest BCUT2D eigenvalue weighted by molar-refractivity contribution is 6.42. The highest BCUT2D eigenvalue weighted by Crippen LogP contribution is 2.28. The Balaban J connectivity index is 1.69. The molecule has 0 aliphatic carbocycles. The zero-order valence-corrected chi connectivity index (χ0v) is 15.0. The highest BCUT2D eigenvalue weighted by atomic mass is 35.5. The van der Waals surface area contributed by atoms with Crippen molar-refractivity contribution in [1.29, 1.82) is 0 Å². The lowest BCUT2D eigenvalue weighted by Crippen LogP contribution is -2.12. The lowest BCUT2D eigenvalue weighted by molar-refractivity contribution is 0.102. The molecule has 4 aromatic rings. The van der Waals surface area contributed by atoms with Crippen molar-refractivity contribution < 1.29 is 4.79 Å². The second kappa shape index (κ2) is 6.83. The summed E-state index contributed by atoms with van der Waals surface area (Å²) in [4.78, 5) is 17.2. The summed E-state index contributed by atoms with van der Waals surface area (Å²) in [6, 6.07) is 18.1. The van der Waals surface area contributed by atoms with Crippen LogP contribution < -0.4 is 5.32 Å². The molecular weight excluding hydrogens is 369 g/mol. The van der Waals surface area contributed by atoms with Crippen molar-refractivity contribution in [3.05, 3.63) is 88.7 Å². The number of carbonyl (C=O) groups is 1. The van der Waals surface area contributed by atoms with Crippen LogP contribution in [0.2, 0.25) is 10.0 Å². The molecule has 1 N–H and O–H groups in total. The first-order valence-corrected chi connectivity index (χ1v) is 8.67. The zero-order valence-electron chi connectivity index (χ0n) is 13.5. The third-order valence-electron chi connectivity index (χ3n) is 4.00. The minimum atomic E-state index is -0.264. The van der Waals surface area contributed by atoms with Gasteiger partial charge in [-0.15, -0.1) is 0 Å². The number of nitrogens with one attached hydrogen (secondary N) is 1. The third kappa shape index (κ3) is 3.17. The first-order chi connectivity index (χ1) is 12.6. The van der Waals surface area contributed by atoms with E-state index in [1.807, 2.05) is 59.3 Å². The highest BCUT2D eigenvalue weighted by Gasteiger charge is 2.13. The monoisotopic (exact) mass is 381 g/mol. The Bertz CT molecular complexity index is 1090. The molecule has 6 heteroatoms. The molecule has 4 rings (SSSR count). The van der Waals surface area contributed by atoms with E-state index in [1.165, 1.54) is 0 Å². The topological polar surface area (TPSA) is 46.4 Å². The number of aromatic nitrogens is 2. The number of nitrogens with zero attached hydrogens (tertiary/aromatic N) is 2. The van der Waals surface area contributed by atoms with Gasteiger partial charge >= 0.3 is 0 Å². The molecule has 0 saturated carbocycles. The number of pyridine rings is 1. The van der Waals surface area contributed by atoms with E-state index >= 15 is 0 Å². The van der Waals surface area contributed by atoms with Crippen LogP contribution in [0.1, 0.15) is 10.4 Å². The van der Waals surface area contributed by atoms with Crippen molar-refractivity contribution in [2.24, 2.45) is 0 Å². The van der Waals surface area contributed by atoms with Crippen molar-refractivity contribution >= 4 is 40.4 Å². The lowest BCUT2D eigenvalue weighted by Gasteiger charge is -2.10. The van der Waals surface area contributed by atoms with E-state index in [9.17, 15) is 4.79 Å². The minimum absolute atomic E-state index is 0.264. The third-order valence-corrected chi connectivity index (χ3v) is 4.74. The summed E-state index contributed by atoms with van der Waals surface area (Å²) in [6.07, 6.45) is 3.86. The van der Waals surface area contributed by atoms with E-state index in [0.29, 0.717) is 21.3 Å². The van der Waals surface area contributed by atoms with Crippen molar-refractivity contribution in [3.8, 4) is 11.3 Å². The fourth-order valence-corrected chi connectivity index (χ4v) is 3.01. The molecule has 0 aliphatic rings. The molecule has 0 atom stereocenters. The average Bonchev–Trinajstić information content (AvgIpc) is 3.08. The van der Waals surface area contributed by atoms with E-state index in [1.54, 1.807) is 18.2 Å². The molecule has 0 aliphatic heterocycles. The van der Waals surface area contributed by atoms with Crippen LogP contribution in [0.5, 0.6) is 0 Å². The summed E-state index contributed by atoms with van der Waals surface area (Å²) in [5.41, 5.74) is 3.56. The van der Waals surface area contributed by atoms with E-state index in [4.69, 9.17) is 23.2 Å². The van der Waals surface area contributed by atoms with E-state index < -0.39 is 0 Å². The maximum absolute atomic E-state index is 12.6. The average molecular weight is 382 g/mol. The molecule has 0 unspecified atom stereocenters. The van der Waals surface area contributed by atoms with Crippen molar-refractivity contribution in [3.63, 3.8) is 0 Å². The van der Waals surface area contributed by atoms with Crippen LogP contribution in [0, 0.1) is 0 Å². The molecule has 2 aromatic heterocycles. The van der Waals surface area contributed by atoms with Crippen molar-refractivity contribution in [1.82, 2.24) is 9.38 Å². The van der Waals surface area contributed by atoms with Crippen molar-refractivity contribution in [2.75, 3.05) is 5.32 Å². The Labute approximate surface area is 160 Å². The van der Waals surface area contributed by atoms with Gasteiger partial charge in [0.05, 0.1) is 21.4 Å². The van der Waals surface area contributed by atoms with Gasteiger partial charge in [-0.25, -0.2) is 4.98 Å². The van der Waals surface area contributed by atoms with Gasteiger partial charge in [0, 0.05) is 23.5 Å². The SMILES string of the molecule is O=C(Nc1ccccc1-c1cn2ccccc2n1)c1ccc(Cl)c(Cl)c1. The van der Waals surface area contributed by atoms with E-state index in [-0.39, 0.29) is 5.91 Å². The number of imidazole rings is 1.